The molecule has 6 rings (SSSR count). The zero-order chi connectivity index (χ0) is 29.8. The third-order valence-electron chi connectivity index (χ3n) is 8.39. The molecule has 1 fully saturated rings. The lowest BCUT2D eigenvalue weighted by molar-refractivity contribution is -0.119. The van der Waals surface area contributed by atoms with Crippen LogP contribution >= 0.6 is 0 Å². The second-order valence-corrected chi connectivity index (χ2v) is 11.0. The molecule has 0 bridgehead atoms. The molecule has 7 heteroatoms. The van der Waals surface area contributed by atoms with Gasteiger partial charge in [0, 0.05) is 25.7 Å². The number of nitrogens with one attached hydrogen (secondary N) is 1. The Hall–Kier alpha value is -4.72. The minimum absolute atomic E-state index is 0.0414. The van der Waals surface area contributed by atoms with Gasteiger partial charge in [-0.25, -0.2) is 4.79 Å². The minimum atomic E-state index is -0.661. The van der Waals surface area contributed by atoms with Crippen LogP contribution in [0.4, 0.5) is 10.5 Å². The number of aliphatic hydroxyl groups is 1. The van der Waals surface area contributed by atoms with Gasteiger partial charge in [-0.3, -0.25) is 14.6 Å². The van der Waals surface area contributed by atoms with Gasteiger partial charge in [0.05, 0.1) is 24.2 Å². The maximum Gasteiger partial charge on any atom is 0.414 e. The first-order chi connectivity index (χ1) is 21.0. The number of ether oxygens (including phenoxy) is 1. The summed E-state index contributed by atoms with van der Waals surface area (Å²) in [4.78, 5) is 28.0. The highest BCUT2D eigenvalue weighted by Gasteiger charge is 2.47. The molecule has 1 saturated heterocycles. The maximum atomic E-state index is 12.6. The molecule has 2 atom stereocenters. The van der Waals surface area contributed by atoms with Gasteiger partial charge in [0.25, 0.3) is 0 Å². The van der Waals surface area contributed by atoms with Crippen LogP contribution in [-0.2, 0) is 15.1 Å². The van der Waals surface area contributed by atoms with Crippen LogP contribution in [0.1, 0.15) is 29.2 Å². The van der Waals surface area contributed by atoms with Crippen LogP contribution in [0.3, 0.4) is 0 Å². The van der Waals surface area contributed by atoms with E-state index >= 15 is 0 Å². The number of hydrogen-bond acceptors (Lipinski definition) is 5. The summed E-state index contributed by atoms with van der Waals surface area (Å²) in [6, 6.07) is 38.8. The number of cyclic esters (lactones) is 1. The van der Waals surface area contributed by atoms with Crippen molar-refractivity contribution in [1.29, 1.82) is 0 Å². The fraction of sp³-hybridized carbons (Fsp3) is 0.222. The first-order valence-corrected chi connectivity index (χ1v) is 14.6. The molecule has 0 aliphatic carbocycles. The third kappa shape index (κ3) is 5.33. The molecule has 2 amide bonds. The second-order valence-electron chi connectivity index (χ2n) is 11.0. The van der Waals surface area contributed by atoms with Gasteiger partial charge in [0.1, 0.15) is 6.61 Å². The predicted molar refractivity (Wildman–Crippen MR) is 168 cm³/mol. The lowest BCUT2D eigenvalue weighted by atomic mass is 9.75. The quantitative estimate of drug-likeness (QED) is 0.269. The maximum absolute atomic E-state index is 12.6. The summed E-state index contributed by atoms with van der Waals surface area (Å²) in [7, 11) is 0. The molecule has 1 unspecified atom stereocenters. The van der Waals surface area contributed by atoms with E-state index in [4.69, 9.17) is 4.74 Å². The SMILES string of the molecule is CC(=O)NCC1COC(=O)N1c1ccc(C2=C[C@@H](CO)N(C(c3ccccc3)(c3ccccc3)c3ccccc3)C2)cc1. The van der Waals surface area contributed by atoms with Crippen LogP contribution < -0.4 is 10.2 Å². The van der Waals surface area contributed by atoms with Crippen molar-refractivity contribution in [3.63, 3.8) is 0 Å². The molecule has 4 aromatic rings. The molecule has 2 aliphatic heterocycles. The average molecular weight is 574 g/mol. The van der Waals surface area contributed by atoms with Gasteiger partial charge < -0.3 is 15.2 Å². The van der Waals surface area contributed by atoms with E-state index in [1.165, 1.54) is 6.92 Å². The number of benzene rings is 4. The van der Waals surface area contributed by atoms with E-state index in [1.807, 2.05) is 42.5 Å². The fourth-order valence-corrected chi connectivity index (χ4v) is 6.44. The smallest absolute Gasteiger partial charge is 0.414 e. The molecular formula is C36H35N3O4. The van der Waals surface area contributed by atoms with Crippen LogP contribution in [0.5, 0.6) is 0 Å². The summed E-state index contributed by atoms with van der Waals surface area (Å²) >= 11 is 0. The van der Waals surface area contributed by atoms with Gasteiger partial charge in [-0.1, -0.05) is 109 Å². The molecular weight excluding hydrogens is 538 g/mol. The van der Waals surface area contributed by atoms with Crippen LogP contribution in [0.25, 0.3) is 5.57 Å². The second kappa shape index (κ2) is 12.3. The largest absolute Gasteiger partial charge is 0.447 e. The van der Waals surface area contributed by atoms with Crippen molar-refractivity contribution < 1.29 is 19.4 Å². The Labute approximate surface area is 252 Å². The van der Waals surface area contributed by atoms with Crippen molar-refractivity contribution in [3.05, 3.63) is 144 Å². The van der Waals surface area contributed by atoms with E-state index in [-0.39, 0.29) is 31.2 Å². The Morgan fingerprint density at radius 2 is 1.40 bits per heavy atom. The number of nitrogens with zero attached hydrogens (tertiary/aromatic N) is 2. The number of rotatable bonds is 9. The zero-order valence-corrected chi connectivity index (χ0v) is 24.1. The van der Waals surface area contributed by atoms with Crippen LogP contribution in [0, 0.1) is 0 Å². The fourth-order valence-electron chi connectivity index (χ4n) is 6.44. The van der Waals surface area contributed by atoms with Gasteiger partial charge in [0.2, 0.25) is 5.91 Å². The summed E-state index contributed by atoms with van der Waals surface area (Å²) in [5, 5.41) is 13.5. The summed E-state index contributed by atoms with van der Waals surface area (Å²) in [6.07, 6.45) is 1.73. The highest BCUT2D eigenvalue weighted by molar-refractivity contribution is 5.91. The van der Waals surface area contributed by atoms with E-state index in [0.717, 1.165) is 27.8 Å². The molecule has 2 aliphatic rings. The van der Waals surface area contributed by atoms with Crippen molar-refractivity contribution in [2.75, 3.05) is 31.2 Å². The van der Waals surface area contributed by atoms with Gasteiger partial charge in [-0.05, 0) is 40.0 Å². The molecule has 2 N–H and O–H groups in total. The van der Waals surface area contributed by atoms with E-state index in [0.29, 0.717) is 18.8 Å². The van der Waals surface area contributed by atoms with E-state index in [9.17, 15) is 14.7 Å². The predicted octanol–water partition coefficient (Wildman–Crippen LogP) is 5.20. The van der Waals surface area contributed by atoms with Crippen LogP contribution in [0.15, 0.2) is 121 Å². The average Bonchev–Trinajstić information content (AvgIpc) is 3.66. The number of anilines is 1. The van der Waals surface area contributed by atoms with Gasteiger partial charge in [0.15, 0.2) is 0 Å². The molecule has 7 nitrogen and oxygen atoms in total. The number of carbonyl (C=O) groups excluding carboxylic acids is 2. The Balaban J connectivity index is 1.37. The normalized spacial score (nSPS) is 18.8. The van der Waals surface area contributed by atoms with E-state index in [1.54, 1.807) is 4.90 Å². The lowest BCUT2D eigenvalue weighted by Crippen LogP contribution is -2.52. The molecule has 0 aromatic heterocycles. The third-order valence-corrected chi connectivity index (χ3v) is 8.39. The van der Waals surface area contributed by atoms with E-state index < -0.39 is 11.6 Å². The first kappa shape index (κ1) is 28.4. The molecule has 4 aromatic carbocycles. The Morgan fingerprint density at radius 3 is 1.88 bits per heavy atom. The minimum Gasteiger partial charge on any atom is -0.447 e. The topological polar surface area (TPSA) is 82.1 Å². The molecule has 2 heterocycles. The molecule has 0 saturated carbocycles. The van der Waals surface area contributed by atoms with E-state index in [2.05, 4.69) is 89.1 Å². The van der Waals surface area contributed by atoms with Gasteiger partial charge in [-0.15, -0.1) is 0 Å². The number of amides is 2. The van der Waals surface area contributed by atoms with Gasteiger partial charge in [-0.2, -0.15) is 0 Å². The molecule has 0 radical (unpaired) electrons. The number of carbonyl (C=O) groups is 2. The molecule has 218 valence electrons. The van der Waals surface area contributed by atoms with Crippen molar-refractivity contribution in [1.82, 2.24) is 10.2 Å². The summed E-state index contributed by atoms with van der Waals surface area (Å²) in [5.41, 5.74) is 5.51. The zero-order valence-electron chi connectivity index (χ0n) is 24.1. The Morgan fingerprint density at radius 1 is 0.860 bits per heavy atom. The van der Waals surface area contributed by atoms with Crippen LogP contribution in [0.2, 0.25) is 0 Å². The highest BCUT2D eigenvalue weighted by Crippen LogP contribution is 2.46. The van der Waals surface area contributed by atoms with Gasteiger partial charge >= 0.3 is 6.09 Å². The van der Waals surface area contributed by atoms with Crippen molar-refractivity contribution in [3.8, 4) is 0 Å². The Kier molecular flexibility index (Phi) is 8.09. The standard InChI is InChI=1S/C36H35N3O4/c1-26(41)37-22-34-25-43-35(42)39(34)32-19-17-27(18-20-32)28-21-33(24-40)38(23-28)36(29-11-5-2-6-12-29,30-13-7-3-8-14-30)31-15-9-4-10-16-31/h2-21,33-34,40H,22-25H2,1H3,(H,37,41)/t33-,34?/m0/s1. The van der Waals surface area contributed by atoms with Crippen LogP contribution in [-0.4, -0.2) is 60.4 Å². The summed E-state index contributed by atoms with van der Waals surface area (Å²) in [5.74, 6) is -0.150. The highest BCUT2D eigenvalue weighted by atomic mass is 16.6. The lowest BCUT2D eigenvalue weighted by Gasteiger charge is -2.46. The van der Waals surface area contributed by atoms with Crippen molar-refractivity contribution >= 4 is 23.3 Å². The summed E-state index contributed by atoms with van der Waals surface area (Å²) < 4.78 is 5.29. The first-order valence-electron chi connectivity index (χ1n) is 14.6. The van der Waals surface area contributed by atoms with Crippen molar-refractivity contribution in [2.45, 2.75) is 24.5 Å². The number of aliphatic hydroxyl groups excluding tert-OH is 1. The summed E-state index contributed by atoms with van der Waals surface area (Å²) in [6.45, 7) is 2.55. The number of hydrogen-bond donors (Lipinski definition) is 2. The monoisotopic (exact) mass is 573 g/mol. The van der Waals surface area contributed by atoms with Crippen molar-refractivity contribution in [2.24, 2.45) is 0 Å². The Bertz CT molecular complexity index is 1490. The molecule has 43 heavy (non-hydrogen) atoms. The molecule has 0 spiro atoms.